The van der Waals surface area contributed by atoms with Gasteiger partial charge in [0.15, 0.2) is 0 Å². The molecule has 2 heterocycles. The first-order chi connectivity index (χ1) is 10.4. The molecular formula is C18H17N3. The van der Waals surface area contributed by atoms with Gasteiger partial charge < -0.3 is 0 Å². The number of allylic oxidation sites excluding steroid dienone is 1. The number of hydrogen-bond acceptors (Lipinski definition) is 2. The van der Waals surface area contributed by atoms with Crippen LogP contribution in [0.2, 0.25) is 0 Å². The molecule has 1 aromatic carbocycles. The van der Waals surface area contributed by atoms with Crippen LogP contribution in [0.15, 0.2) is 73.6 Å². The minimum Gasteiger partial charge on any atom is -0.272 e. The van der Waals surface area contributed by atoms with Crippen molar-refractivity contribution in [3.8, 4) is 22.5 Å². The second kappa shape index (κ2) is 6.18. The van der Waals surface area contributed by atoms with Crippen molar-refractivity contribution < 1.29 is 0 Å². The van der Waals surface area contributed by atoms with Crippen LogP contribution in [0.25, 0.3) is 22.5 Å². The SMILES string of the molecule is C=CCCn1ccc(-c2cccc(-c3ccccn3)c2)n1. The van der Waals surface area contributed by atoms with Crippen molar-refractivity contribution in [3.63, 3.8) is 0 Å². The molecule has 3 aromatic rings. The molecule has 0 saturated carbocycles. The van der Waals surface area contributed by atoms with E-state index in [1.54, 1.807) is 0 Å². The molecule has 0 amide bonds. The predicted molar refractivity (Wildman–Crippen MR) is 85.7 cm³/mol. The van der Waals surface area contributed by atoms with E-state index in [9.17, 15) is 0 Å². The maximum atomic E-state index is 4.60. The summed E-state index contributed by atoms with van der Waals surface area (Å²) in [6.45, 7) is 4.60. The minimum absolute atomic E-state index is 0.865. The lowest BCUT2D eigenvalue weighted by Crippen LogP contribution is -1.97. The Labute approximate surface area is 124 Å². The first kappa shape index (κ1) is 13.3. The third-order valence-electron chi connectivity index (χ3n) is 3.32. The van der Waals surface area contributed by atoms with Crippen molar-refractivity contribution in [1.82, 2.24) is 14.8 Å². The van der Waals surface area contributed by atoms with E-state index in [1.165, 1.54) is 0 Å². The van der Waals surface area contributed by atoms with Crippen LogP contribution in [0.5, 0.6) is 0 Å². The summed E-state index contributed by atoms with van der Waals surface area (Å²) in [5.74, 6) is 0. The summed E-state index contributed by atoms with van der Waals surface area (Å²) >= 11 is 0. The van der Waals surface area contributed by atoms with E-state index >= 15 is 0 Å². The summed E-state index contributed by atoms with van der Waals surface area (Å²) < 4.78 is 1.95. The molecule has 3 nitrogen and oxygen atoms in total. The van der Waals surface area contributed by atoms with Gasteiger partial charge in [-0.1, -0.05) is 30.3 Å². The third-order valence-corrected chi connectivity index (χ3v) is 3.32. The molecule has 104 valence electrons. The number of aromatic nitrogens is 3. The first-order valence-electron chi connectivity index (χ1n) is 7.03. The fourth-order valence-corrected chi connectivity index (χ4v) is 2.24. The molecule has 0 N–H and O–H groups in total. The molecule has 3 rings (SSSR count). The standard InChI is InChI=1S/C18H17N3/c1-2-3-12-21-13-10-18(20-21)16-8-6-7-15(14-16)17-9-4-5-11-19-17/h2,4-11,13-14H,1,3,12H2. The first-order valence-corrected chi connectivity index (χ1v) is 7.03. The van der Waals surface area contributed by atoms with Crippen LogP contribution in [0.1, 0.15) is 6.42 Å². The van der Waals surface area contributed by atoms with Crippen molar-refractivity contribution in [2.24, 2.45) is 0 Å². The maximum absolute atomic E-state index is 4.60. The summed E-state index contributed by atoms with van der Waals surface area (Å²) in [6, 6.07) is 16.3. The molecule has 0 radical (unpaired) electrons. The summed E-state index contributed by atoms with van der Waals surface area (Å²) in [4.78, 5) is 4.39. The van der Waals surface area contributed by atoms with Gasteiger partial charge in [0.25, 0.3) is 0 Å². The maximum Gasteiger partial charge on any atom is 0.0923 e. The van der Waals surface area contributed by atoms with Gasteiger partial charge in [0.1, 0.15) is 0 Å². The Morgan fingerprint density at radius 1 is 1.00 bits per heavy atom. The normalized spacial score (nSPS) is 10.5. The highest BCUT2D eigenvalue weighted by atomic mass is 15.3. The van der Waals surface area contributed by atoms with Crippen LogP contribution in [0, 0.1) is 0 Å². The van der Waals surface area contributed by atoms with Crippen molar-refractivity contribution in [1.29, 1.82) is 0 Å². The summed E-state index contributed by atoms with van der Waals surface area (Å²) in [5.41, 5.74) is 4.17. The summed E-state index contributed by atoms with van der Waals surface area (Å²) in [7, 11) is 0. The van der Waals surface area contributed by atoms with E-state index in [0.29, 0.717) is 0 Å². The lowest BCUT2D eigenvalue weighted by Gasteiger charge is -2.03. The molecule has 21 heavy (non-hydrogen) atoms. The van der Waals surface area contributed by atoms with Gasteiger partial charge >= 0.3 is 0 Å². The Morgan fingerprint density at radius 3 is 2.62 bits per heavy atom. The van der Waals surface area contributed by atoms with E-state index in [1.807, 2.05) is 53.5 Å². The smallest absolute Gasteiger partial charge is 0.0923 e. The van der Waals surface area contributed by atoms with Gasteiger partial charge in [-0.05, 0) is 30.7 Å². The molecule has 0 spiro atoms. The molecule has 0 bridgehead atoms. The number of pyridine rings is 1. The zero-order chi connectivity index (χ0) is 14.5. The van der Waals surface area contributed by atoms with Gasteiger partial charge in [-0.15, -0.1) is 6.58 Å². The highest BCUT2D eigenvalue weighted by molar-refractivity contribution is 5.69. The molecule has 0 aliphatic heterocycles. The quantitative estimate of drug-likeness (QED) is 0.654. The van der Waals surface area contributed by atoms with E-state index in [0.717, 1.165) is 35.5 Å². The number of benzene rings is 1. The second-order valence-corrected chi connectivity index (χ2v) is 4.84. The Bertz CT molecular complexity index is 729. The van der Waals surface area contributed by atoms with Crippen molar-refractivity contribution in [3.05, 3.63) is 73.6 Å². The number of rotatable bonds is 5. The monoisotopic (exact) mass is 275 g/mol. The third kappa shape index (κ3) is 3.08. The zero-order valence-corrected chi connectivity index (χ0v) is 11.8. The van der Waals surface area contributed by atoms with E-state index in [-0.39, 0.29) is 0 Å². The fourth-order valence-electron chi connectivity index (χ4n) is 2.24. The molecule has 2 aromatic heterocycles. The molecule has 0 unspecified atom stereocenters. The Morgan fingerprint density at radius 2 is 1.86 bits per heavy atom. The van der Waals surface area contributed by atoms with Crippen molar-refractivity contribution >= 4 is 0 Å². The molecular weight excluding hydrogens is 258 g/mol. The van der Waals surface area contributed by atoms with Crippen LogP contribution < -0.4 is 0 Å². The topological polar surface area (TPSA) is 30.7 Å². The summed E-state index contributed by atoms with van der Waals surface area (Å²) in [6.07, 6.45) is 6.65. The lowest BCUT2D eigenvalue weighted by atomic mass is 10.1. The summed E-state index contributed by atoms with van der Waals surface area (Å²) in [5, 5.41) is 4.60. The van der Waals surface area contributed by atoms with Crippen LogP contribution >= 0.6 is 0 Å². The number of aryl methyl sites for hydroxylation is 1. The predicted octanol–water partition coefficient (Wildman–Crippen LogP) is 4.19. The van der Waals surface area contributed by atoms with Crippen LogP contribution in [0.4, 0.5) is 0 Å². The minimum atomic E-state index is 0.865. The Balaban J connectivity index is 1.89. The second-order valence-electron chi connectivity index (χ2n) is 4.84. The zero-order valence-electron chi connectivity index (χ0n) is 11.8. The Kier molecular flexibility index (Phi) is 3.92. The van der Waals surface area contributed by atoms with Crippen molar-refractivity contribution in [2.75, 3.05) is 0 Å². The fraction of sp³-hybridized carbons (Fsp3) is 0.111. The van der Waals surface area contributed by atoms with Gasteiger partial charge in [0.05, 0.1) is 11.4 Å². The average molecular weight is 275 g/mol. The average Bonchev–Trinajstić information content (AvgIpc) is 3.03. The van der Waals surface area contributed by atoms with Gasteiger partial charge in [-0.2, -0.15) is 5.10 Å². The van der Waals surface area contributed by atoms with Gasteiger partial charge in [0, 0.05) is 30.1 Å². The van der Waals surface area contributed by atoms with Crippen LogP contribution in [-0.2, 0) is 6.54 Å². The lowest BCUT2D eigenvalue weighted by molar-refractivity contribution is 0.626. The van der Waals surface area contributed by atoms with Crippen LogP contribution in [-0.4, -0.2) is 14.8 Å². The van der Waals surface area contributed by atoms with Crippen molar-refractivity contribution in [2.45, 2.75) is 13.0 Å². The van der Waals surface area contributed by atoms with Gasteiger partial charge in [0.2, 0.25) is 0 Å². The van der Waals surface area contributed by atoms with E-state index in [4.69, 9.17) is 0 Å². The van der Waals surface area contributed by atoms with Gasteiger partial charge in [-0.3, -0.25) is 9.67 Å². The molecule has 0 aliphatic rings. The molecule has 0 saturated heterocycles. The molecule has 0 aliphatic carbocycles. The largest absolute Gasteiger partial charge is 0.272 e. The molecule has 3 heteroatoms. The van der Waals surface area contributed by atoms with E-state index in [2.05, 4.69) is 34.9 Å². The van der Waals surface area contributed by atoms with E-state index < -0.39 is 0 Å². The van der Waals surface area contributed by atoms with Gasteiger partial charge in [-0.25, -0.2) is 0 Å². The highest BCUT2D eigenvalue weighted by Crippen LogP contribution is 2.23. The highest BCUT2D eigenvalue weighted by Gasteiger charge is 2.05. The molecule has 0 fully saturated rings. The number of hydrogen-bond donors (Lipinski definition) is 0. The van der Waals surface area contributed by atoms with Crippen LogP contribution in [0.3, 0.4) is 0 Å². The Hall–Kier alpha value is -2.68. The number of nitrogens with zero attached hydrogens (tertiary/aromatic N) is 3. The molecule has 0 atom stereocenters.